The number of rotatable bonds is 4. The van der Waals surface area contributed by atoms with Gasteiger partial charge in [0, 0.05) is 25.0 Å². The maximum atomic E-state index is 12.4. The van der Waals surface area contributed by atoms with Gasteiger partial charge in [-0.2, -0.15) is 0 Å². The number of carbonyl (C=O) groups is 1. The summed E-state index contributed by atoms with van der Waals surface area (Å²) in [6.45, 7) is 0.474. The van der Waals surface area contributed by atoms with Crippen LogP contribution in [0.2, 0.25) is 0 Å². The Bertz CT molecular complexity index is 433. The Balaban J connectivity index is 1.67. The molecular weight excluding hydrogens is 240 g/mol. The van der Waals surface area contributed by atoms with E-state index in [1.807, 2.05) is 12.5 Å². The van der Waals surface area contributed by atoms with E-state index in [0.717, 1.165) is 38.5 Å². The number of hydrogen-bond acceptors (Lipinski definition) is 3. The minimum absolute atomic E-state index is 0.165. The van der Waals surface area contributed by atoms with Crippen LogP contribution >= 0.6 is 0 Å². The molecule has 2 aliphatic carbocycles. The van der Waals surface area contributed by atoms with E-state index < -0.39 is 0 Å². The van der Waals surface area contributed by atoms with Crippen molar-refractivity contribution in [2.75, 3.05) is 6.54 Å². The van der Waals surface area contributed by atoms with Gasteiger partial charge in [0.05, 0.1) is 17.8 Å². The smallest absolute Gasteiger partial charge is 0.227 e. The number of nitrogens with one attached hydrogen (secondary N) is 1. The molecule has 5 heteroatoms. The zero-order valence-corrected chi connectivity index (χ0v) is 11.2. The molecule has 5 nitrogen and oxygen atoms in total. The Morgan fingerprint density at radius 3 is 2.84 bits per heavy atom. The molecule has 2 atom stereocenters. The molecule has 104 valence electrons. The fraction of sp³-hybridized carbons (Fsp3) is 0.714. The van der Waals surface area contributed by atoms with Gasteiger partial charge in [0.2, 0.25) is 5.91 Å². The van der Waals surface area contributed by atoms with Crippen LogP contribution in [0, 0.1) is 5.41 Å². The van der Waals surface area contributed by atoms with Gasteiger partial charge in [0.15, 0.2) is 0 Å². The summed E-state index contributed by atoms with van der Waals surface area (Å²) in [6.07, 6.45) is 11.9. The number of aromatic nitrogens is 2. The summed E-state index contributed by atoms with van der Waals surface area (Å²) < 4.78 is 2.12. The van der Waals surface area contributed by atoms with Crippen LogP contribution in [0.3, 0.4) is 0 Å². The highest BCUT2D eigenvalue weighted by atomic mass is 16.2. The summed E-state index contributed by atoms with van der Waals surface area (Å²) >= 11 is 0. The summed E-state index contributed by atoms with van der Waals surface area (Å²) in [5.74, 6) is 0.165. The second kappa shape index (κ2) is 4.96. The normalized spacial score (nSPS) is 28.9. The molecule has 0 aliphatic heterocycles. The maximum Gasteiger partial charge on any atom is 0.227 e. The van der Waals surface area contributed by atoms with Gasteiger partial charge in [0.25, 0.3) is 0 Å². The van der Waals surface area contributed by atoms with Crippen LogP contribution in [0.5, 0.6) is 0 Å². The summed E-state index contributed by atoms with van der Waals surface area (Å²) in [5, 5.41) is 3.24. The van der Waals surface area contributed by atoms with E-state index in [9.17, 15) is 4.79 Å². The minimum Gasteiger partial charge on any atom is -0.351 e. The topological polar surface area (TPSA) is 72.9 Å². The van der Waals surface area contributed by atoms with Crippen LogP contribution in [-0.4, -0.2) is 28.0 Å². The van der Waals surface area contributed by atoms with E-state index in [2.05, 4.69) is 14.9 Å². The van der Waals surface area contributed by atoms with E-state index >= 15 is 0 Å². The Hall–Kier alpha value is -1.36. The molecule has 2 aliphatic rings. The van der Waals surface area contributed by atoms with Crippen LogP contribution in [-0.2, 0) is 4.79 Å². The first-order chi connectivity index (χ1) is 9.25. The van der Waals surface area contributed by atoms with Crippen molar-refractivity contribution in [3.05, 3.63) is 18.7 Å². The van der Waals surface area contributed by atoms with Gasteiger partial charge < -0.3 is 15.6 Å². The molecule has 2 saturated carbocycles. The first-order valence-corrected chi connectivity index (χ1v) is 7.24. The Morgan fingerprint density at radius 1 is 1.42 bits per heavy atom. The third kappa shape index (κ3) is 2.16. The van der Waals surface area contributed by atoms with Crippen molar-refractivity contribution in [1.82, 2.24) is 14.9 Å². The lowest BCUT2D eigenvalue weighted by Gasteiger charge is -2.40. The van der Waals surface area contributed by atoms with Crippen LogP contribution in [0.15, 0.2) is 18.7 Å². The first kappa shape index (κ1) is 12.7. The lowest BCUT2D eigenvalue weighted by Crippen LogP contribution is -2.53. The Morgan fingerprint density at radius 2 is 2.26 bits per heavy atom. The molecule has 0 bridgehead atoms. The highest BCUT2D eigenvalue weighted by Crippen LogP contribution is 2.41. The number of nitrogens with zero attached hydrogens (tertiary/aromatic N) is 2. The lowest BCUT2D eigenvalue weighted by atomic mass is 9.68. The summed E-state index contributed by atoms with van der Waals surface area (Å²) in [5.41, 5.74) is 5.52. The highest BCUT2D eigenvalue weighted by molar-refractivity contribution is 5.84. The van der Waals surface area contributed by atoms with Crippen molar-refractivity contribution >= 4 is 5.91 Å². The standard InChI is InChI=1S/C14H22N4O/c15-9-14(5-2-6-14)13(19)17-11-3-1-4-12(11)18-8-7-16-10-18/h7-8,10-12H,1-6,9,15H2,(H,17,19). The molecule has 0 aromatic carbocycles. The summed E-state index contributed by atoms with van der Waals surface area (Å²) in [7, 11) is 0. The van der Waals surface area contributed by atoms with E-state index in [-0.39, 0.29) is 17.4 Å². The van der Waals surface area contributed by atoms with E-state index in [0.29, 0.717) is 12.6 Å². The third-order valence-electron chi connectivity index (χ3n) is 4.89. The highest BCUT2D eigenvalue weighted by Gasteiger charge is 2.44. The molecule has 0 radical (unpaired) electrons. The van der Waals surface area contributed by atoms with Crippen molar-refractivity contribution in [3.8, 4) is 0 Å². The van der Waals surface area contributed by atoms with Gasteiger partial charge in [-0.15, -0.1) is 0 Å². The van der Waals surface area contributed by atoms with Crippen LogP contribution in [0.25, 0.3) is 0 Å². The number of nitrogens with two attached hydrogens (primary N) is 1. The van der Waals surface area contributed by atoms with Gasteiger partial charge >= 0.3 is 0 Å². The predicted molar refractivity (Wildman–Crippen MR) is 72.4 cm³/mol. The second-order valence-electron chi connectivity index (χ2n) is 5.93. The number of amides is 1. The van der Waals surface area contributed by atoms with Crippen LogP contribution in [0.4, 0.5) is 0 Å². The quantitative estimate of drug-likeness (QED) is 0.857. The fourth-order valence-electron chi connectivity index (χ4n) is 3.38. The van der Waals surface area contributed by atoms with Gasteiger partial charge in [-0.1, -0.05) is 6.42 Å². The molecule has 3 rings (SSSR count). The Kier molecular flexibility index (Phi) is 3.31. The molecule has 19 heavy (non-hydrogen) atoms. The monoisotopic (exact) mass is 262 g/mol. The van der Waals surface area contributed by atoms with Gasteiger partial charge in [0.1, 0.15) is 0 Å². The minimum atomic E-state index is -0.276. The fourth-order valence-corrected chi connectivity index (χ4v) is 3.38. The SMILES string of the molecule is NCC1(C(=O)NC2CCCC2n2ccnc2)CCC1. The molecule has 1 aromatic heterocycles. The van der Waals surface area contributed by atoms with Crippen molar-refractivity contribution in [2.45, 2.75) is 50.6 Å². The van der Waals surface area contributed by atoms with Crippen molar-refractivity contribution in [2.24, 2.45) is 11.1 Å². The van der Waals surface area contributed by atoms with Crippen molar-refractivity contribution in [3.63, 3.8) is 0 Å². The predicted octanol–water partition coefficient (Wildman–Crippen LogP) is 1.22. The number of hydrogen-bond donors (Lipinski definition) is 2. The molecule has 0 saturated heterocycles. The van der Waals surface area contributed by atoms with Gasteiger partial charge in [-0.3, -0.25) is 4.79 Å². The largest absolute Gasteiger partial charge is 0.351 e. The van der Waals surface area contributed by atoms with Crippen molar-refractivity contribution < 1.29 is 4.79 Å². The molecule has 1 heterocycles. The number of imidazole rings is 1. The van der Waals surface area contributed by atoms with E-state index in [4.69, 9.17) is 5.73 Å². The molecule has 0 spiro atoms. The number of carbonyl (C=O) groups excluding carboxylic acids is 1. The molecular formula is C14H22N4O. The molecule has 3 N–H and O–H groups in total. The lowest BCUT2D eigenvalue weighted by molar-refractivity contribution is -0.136. The molecule has 1 aromatic rings. The van der Waals surface area contributed by atoms with Crippen LogP contribution < -0.4 is 11.1 Å². The average Bonchev–Trinajstić information content (AvgIpc) is 2.97. The first-order valence-electron chi connectivity index (χ1n) is 7.24. The van der Waals surface area contributed by atoms with Gasteiger partial charge in [-0.25, -0.2) is 4.98 Å². The van der Waals surface area contributed by atoms with Crippen LogP contribution in [0.1, 0.15) is 44.6 Å². The van der Waals surface area contributed by atoms with E-state index in [1.165, 1.54) is 0 Å². The maximum absolute atomic E-state index is 12.4. The van der Waals surface area contributed by atoms with Crippen molar-refractivity contribution in [1.29, 1.82) is 0 Å². The van der Waals surface area contributed by atoms with Gasteiger partial charge in [-0.05, 0) is 32.1 Å². The zero-order chi connectivity index (χ0) is 13.3. The molecule has 2 unspecified atom stereocenters. The third-order valence-corrected chi connectivity index (χ3v) is 4.89. The average molecular weight is 262 g/mol. The van der Waals surface area contributed by atoms with E-state index in [1.54, 1.807) is 6.20 Å². The summed E-state index contributed by atoms with van der Waals surface area (Å²) in [6, 6.07) is 0.576. The zero-order valence-electron chi connectivity index (χ0n) is 11.2. The molecule has 2 fully saturated rings. The Labute approximate surface area is 113 Å². The second-order valence-corrected chi connectivity index (χ2v) is 5.93. The summed E-state index contributed by atoms with van der Waals surface area (Å²) in [4.78, 5) is 16.5. The molecule has 1 amide bonds.